The minimum atomic E-state index is -0.836. The summed E-state index contributed by atoms with van der Waals surface area (Å²) < 4.78 is 13.4. The van der Waals surface area contributed by atoms with E-state index in [9.17, 15) is 14.7 Å². The Hall–Kier alpha value is -3.92. The maximum absolute atomic E-state index is 14.7. The van der Waals surface area contributed by atoms with Crippen LogP contribution >= 0.6 is 0 Å². The molecule has 52 heavy (non-hydrogen) atoms. The number of methoxy groups -OCH3 is 1. The molecule has 5 fully saturated rings. The molecular weight excluding hydrogens is 654 g/mol. The molecule has 3 aromatic rings. The number of hydrogen-bond acceptors (Lipinski definition) is 7. The first-order valence-electron chi connectivity index (χ1n) is 19.4. The summed E-state index contributed by atoms with van der Waals surface area (Å²) in [6.45, 7) is 11.6. The van der Waals surface area contributed by atoms with Crippen molar-refractivity contribution in [2.75, 3.05) is 31.6 Å². The van der Waals surface area contributed by atoms with Crippen molar-refractivity contribution in [3.63, 3.8) is 0 Å². The smallest absolute Gasteiger partial charge is 0.410 e. The van der Waals surface area contributed by atoms with Crippen LogP contribution in [0.1, 0.15) is 109 Å². The molecule has 1 N–H and O–H groups in total. The Morgan fingerprint density at radius 2 is 1.69 bits per heavy atom. The van der Waals surface area contributed by atoms with Crippen LogP contribution < -0.4 is 9.64 Å². The van der Waals surface area contributed by atoms with Gasteiger partial charge in [0.25, 0.3) is 0 Å². The van der Waals surface area contributed by atoms with Gasteiger partial charge in [-0.3, -0.25) is 14.4 Å². The largest absolute Gasteiger partial charge is 0.496 e. The standard InChI is InChI=1S/C42H57N5O5/c1-7-39(3,4)47-25-32(24-44-47)31-14-21-43-36(23-31)46(37(48)30-8-11-34(12-9-30)52-38(49)45-26-40(5,50)27-45)28-41-15-18-42(19-16-41,20-17-41)33-10-13-35(51-6)29(2)22-33/h10,13-14,21-25,30,34,50H,7-9,11-12,15-20,26-28H2,1-6H3. The molecule has 1 aliphatic heterocycles. The van der Waals surface area contributed by atoms with Crippen molar-refractivity contribution in [3.05, 3.63) is 60.0 Å². The molecule has 0 radical (unpaired) electrons. The molecule has 2 aromatic heterocycles. The summed E-state index contributed by atoms with van der Waals surface area (Å²) in [6, 6.07) is 10.8. The Morgan fingerprint density at radius 3 is 2.31 bits per heavy atom. The first-order valence-corrected chi connectivity index (χ1v) is 19.4. The molecule has 8 rings (SSSR count). The number of carbonyl (C=O) groups is 2. The van der Waals surface area contributed by atoms with Crippen molar-refractivity contribution < 1.29 is 24.2 Å². The second-order valence-corrected chi connectivity index (χ2v) is 17.3. The Bertz CT molecular complexity index is 1760. The normalized spacial score (nSPS) is 26.8. The number of fused-ring (bicyclic) bond motifs is 3. The van der Waals surface area contributed by atoms with Crippen molar-refractivity contribution in [3.8, 4) is 16.9 Å². The molecule has 280 valence electrons. The molecule has 5 aliphatic rings. The van der Waals surface area contributed by atoms with Gasteiger partial charge in [-0.2, -0.15) is 5.10 Å². The van der Waals surface area contributed by atoms with Gasteiger partial charge in [-0.15, -0.1) is 0 Å². The molecule has 4 aliphatic carbocycles. The first kappa shape index (κ1) is 36.4. The number of aromatic nitrogens is 3. The van der Waals surface area contributed by atoms with Crippen molar-refractivity contribution in [1.82, 2.24) is 19.7 Å². The highest BCUT2D eigenvalue weighted by molar-refractivity contribution is 5.95. The molecule has 4 saturated carbocycles. The van der Waals surface area contributed by atoms with Gasteiger partial charge in [0.2, 0.25) is 5.91 Å². The fourth-order valence-electron chi connectivity index (χ4n) is 9.23. The lowest BCUT2D eigenvalue weighted by Gasteiger charge is -2.55. The highest BCUT2D eigenvalue weighted by Gasteiger charge is 2.51. The van der Waals surface area contributed by atoms with Crippen LogP contribution in [0.4, 0.5) is 10.6 Å². The second-order valence-electron chi connectivity index (χ2n) is 17.3. The molecule has 0 unspecified atom stereocenters. The lowest BCUT2D eigenvalue weighted by atomic mass is 9.51. The number of benzene rings is 1. The van der Waals surface area contributed by atoms with Crippen molar-refractivity contribution in [2.24, 2.45) is 11.3 Å². The van der Waals surface area contributed by atoms with Crippen LogP contribution in [0.3, 0.4) is 0 Å². The summed E-state index contributed by atoms with van der Waals surface area (Å²) >= 11 is 0. The van der Waals surface area contributed by atoms with Crippen LogP contribution in [0, 0.1) is 18.3 Å². The zero-order chi connectivity index (χ0) is 36.9. The molecule has 0 spiro atoms. The molecule has 1 saturated heterocycles. The van der Waals surface area contributed by atoms with E-state index in [4.69, 9.17) is 19.6 Å². The maximum atomic E-state index is 14.7. The van der Waals surface area contributed by atoms with Gasteiger partial charge in [0.05, 0.1) is 37.5 Å². The van der Waals surface area contributed by atoms with Gasteiger partial charge in [0.1, 0.15) is 17.7 Å². The molecule has 3 heterocycles. The van der Waals surface area contributed by atoms with Crippen molar-refractivity contribution in [1.29, 1.82) is 0 Å². The highest BCUT2D eigenvalue weighted by Crippen LogP contribution is 2.58. The van der Waals surface area contributed by atoms with E-state index in [-0.39, 0.29) is 40.4 Å². The van der Waals surface area contributed by atoms with E-state index in [1.54, 1.807) is 18.9 Å². The van der Waals surface area contributed by atoms with E-state index >= 15 is 0 Å². The molecular formula is C42H57N5O5. The summed E-state index contributed by atoms with van der Waals surface area (Å²) in [7, 11) is 1.73. The summed E-state index contributed by atoms with van der Waals surface area (Å²) in [4.78, 5) is 35.8. The lowest BCUT2D eigenvalue weighted by molar-refractivity contribution is -0.125. The predicted octanol–water partition coefficient (Wildman–Crippen LogP) is 7.79. The third-order valence-electron chi connectivity index (χ3n) is 13.2. The van der Waals surface area contributed by atoms with Crippen molar-refractivity contribution in [2.45, 2.75) is 128 Å². The van der Waals surface area contributed by atoms with Gasteiger partial charge in [0.15, 0.2) is 0 Å². The number of hydrogen-bond donors (Lipinski definition) is 1. The van der Waals surface area contributed by atoms with E-state index in [0.29, 0.717) is 51.1 Å². The Morgan fingerprint density at radius 1 is 1.00 bits per heavy atom. The first-order chi connectivity index (χ1) is 24.7. The summed E-state index contributed by atoms with van der Waals surface area (Å²) in [5.41, 5.74) is 3.90. The fourth-order valence-corrected chi connectivity index (χ4v) is 9.23. The van der Waals surface area contributed by atoms with Crippen molar-refractivity contribution >= 4 is 17.8 Å². The third kappa shape index (κ3) is 7.07. The van der Waals surface area contributed by atoms with Gasteiger partial charge in [-0.05, 0) is 144 Å². The predicted molar refractivity (Wildman–Crippen MR) is 201 cm³/mol. The molecule has 2 bridgehead atoms. The highest BCUT2D eigenvalue weighted by atomic mass is 16.6. The minimum Gasteiger partial charge on any atom is -0.496 e. The minimum absolute atomic E-state index is 0.0395. The van der Waals surface area contributed by atoms with Gasteiger partial charge in [0, 0.05) is 30.4 Å². The maximum Gasteiger partial charge on any atom is 0.410 e. The van der Waals surface area contributed by atoms with E-state index in [1.807, 2.05) is 28.0 Å². The van der Waals surface area contributed by atoms with Gasteiger partial charge >= 0.3 is 6.09 Å². The number of aliphatic hydroxyl groups is 1. The molecule has 1 aromatic carbocycles. The quantitative estimate of drug-likeness (QED) is 0.229. The number of likely N-dealkylation sites (tertiary alicyclic amines) is 1. The van der Waals surface area contributed by atoms with Crippen LogP contribution in [-0.2, 0) is 20.5 Å². The number of ether oxygens (including phenoxy) is 2. The summed E-state index contributed by atoms with van der Waals surface area (Å²) in [5, 5.41) is 14.7. The summed E-state index contributed by atoms with van der Waals surface area (Å²) in [5.74, 6) is 1.59. The zero-order valence-corrected chi connectivity index (χ0v) is 32.0. The number of anilines is 1. The van der Waals surface area contributed by atoms with E-state index in [0.717, 1.165) is 61.8 Å². The Labute approximate surface area is 308 Å². The number of pyridine rings is 1. The molecule has 10 heteroatoms. The number of amides is 2. The van der Waals surface area contributed by atoms with Gasteiger partial charge in [-0.1, -0.05) is 19.1 Å². The molecule has 2 amide bonds. The van der Waals surface area contributed by atoms with Crippen LogP contribution in [0.2, 0.25) is 0 Å². The Kier molecular flexibility index (Phi) is 9.68. The number of carbonyl (C=O) groups excluding carboxylic acids is 2. The van der Waals surface area contributed by atoms with E-state index < -0.39 is 5.60 Å². The van der Waals surface area contributed by atoms with Crippen LogP contribution in [0.15, 0.2) is 48.9 Å². The van der Waals surface area contributed by atoms with E-state index in [2.05, 4.69) is 58.2 Å². The summed E-state index contributed by atoms with van der Waals surface area (Å²) in [6.07, 6.45) is 15.4. The lowest BCUT2D eigenvalue weighted by Crippen LogP contribution is -2.62. The van der Waals surface area contributed by atoms with Crippen LogP contribution in [-0.4, -0.2) is 75.2 Å². The second kappa shape index (κ2) is 13.8. The number of rotatable bonds is 10. The molecule has 10 nitrogen and oxygen atoms in total. The van der Waals surface area contributed by atoms with E-state index in [1.165, 1.54) is 11.1 Å². The monoisotopic (exact) mass is 711 g/mol. The number of aryl methyl sites for hydroxylation is 1. The van der Waals surface area contributed by atoms with Crippen LogP contribution in [0.5, 0.6) is 5.75 Å². The molecule has 0 atom stereocenters. The third-order valence-corrected chi connectivity index (χ3v) is 13.2. The topological polar surface area (TPSA) is 110 Å². The van der Waals surface area contributed by atoms with Crippen LogP contribution in [0.25, 0.3) is 11.1 Å². The number of β-amino-alcohol motifs (C(OH)–C–C–N with tert-alkyl or cyclic N) is 1. The average molecular weight is 712 g/mol. The average Bonchev–Trinajstić information content (AvgIpc) is 3.66. The zero-order valence-electron chi connectivity index (χ0n) is 32.0. The van der Waals surface area contributed by atoms with Gasteiger partial charge in [-0.25, -0.2) is 9.78 Å². The SMILES string of the molecule is CCC(C)(C)n1cc(-c2ccnc(N(CC34CCC(c5ccc(OC)c(C)c5)(CC3)CC4)C(=O)C3CCC(OC(=O)N4CC(C)(O)C4)CC3)c2)cn1. The van der Waals surface area contributed by atoms with Gasteiger partial charge < -0.3 is 19.5 Å². The number of nitrogens with zero attached hydrogens (tertiary/aromatic N) is 5. The fraction of sp³-hybridized carbons (Fsp3) is 0.619. The Balaban J connectivity index is 1.10.